The van der Waals surface area contributed by atoms with Crippen molar-refractivity contribution in [1.29, 1.82) is 0 Å². The lowest BCUT2D eigenvalue weighted by atomic mass is 9.98. The first-order chi connectivity index (χ1) is 12.1. The van der Waals surface area contributed by atoms with Gasteiger partial charge in [0.1, 0.15) is 12.1 Å². The smallest absolute Gasteiger partial charge is 0.326 e. The number of hydrogen-bond donors (Lipinski definition) is 2. The first-order valence-corrected chi connectivity index (χ1v) is 8.02. The Morgan fingerprint density at radius 2 is 1.60 bits per heavy atom. The quantitative estimate of drug-likeness (QED) is 0.871. The Bertz CT molecular complexity index is 777. The van der Waals surface area contributed by atoms with Crippen molar-refractivity contribution < 1.29 is 19.5 Å². The van der Waals surface area contributed by atoms with Crippen molar-refractivity contribution in [3.63, 3.8) is 0 Å². The molecule has 3 rings (SSSR count). The topological polar surface area (TPSA) is 86.7 Å². The lowest BCUT2D eigenvalue weighted by molar-refractivity contribution is -0.158. The van der Waals surface area contributed by atoms with Crippen LogP contribution in [0.1, 0.15) is 28.4 Å². The minimum Gasteiger partial charge on any atom is -0.480 e. The molecule has 0 spiro atoms. The van der Waals surface area contributed by atoms with Crippen LogP contribution in [0.25, 0.3) is 0 Å². The molecular weight excluding hydrogens is 320 g/mol. The summed E-state index contributed by atoms with van der Waals surface area (Å²) in [5, 5.41) is 11.9. The fourth-order valence-electron chi connectivity index (χ4n) is 2.81. The Balaban J connectivity index is 1.85. The minimum absolute atomic E-state index is 0.375. The number of carbonyl (C=O) groups excluding carboxylic acids is 2. The molecule has 2 N–H and O–H groups in total. The number of likely N-dealkylation sites (tertiary alicyclic amines) is 1. The summed E-state index contributed by atoms with van der Waals surface area (Å²) in [6, 6.07) is 15.7. The molecule has 1 aliphatic rings. The molecule has 2 amide bonds. The predicted octanol–water partition coefficient (Wildman–Crippen LogP) is 1.84. The van der Waals surface area contributed by atoms with E-state index in [0.717, 1.165) is 0 Å². The van der Waals surface area contributed by atoms with Gasteiger partial charge in [-0.2, -0.15) is 0 Å². The van der Waals surface area contributed by atoms with E-state index in [1.165, 1.54) is 4.90 Å². The fourth-order valence-corrected chi connectivity index (χ4v) is 2.81. The third kappa shape index (κ3) is 3.52. The molecule has 0 saturated carbocycles. The van der Waals surface area contributed by atoms with Gasteiger partial charge in [-0.1, -0.05) is 48.5 Å². The van der Waals surface area contributed by atoms with Crippen molar-refractivity contribution in [3.05, 3.63) is 71.8 Å². The molecule has 1 unspecified atom stereocenters. The fraction of sp³-hybridized carbons (Fsp3) is 0.211. The Morgan fingerprint density at radius 1 is 1.00 bits per heavy atom. The van der Waals surface area contributed by atoms with Gasteiger partial charge in [0, 0.05) is 12.1 Å². The molecule has 6 heteroatoms. The van der Waals surface area contributed by atoms with Gasteiger partial charge in [0.05, 0.1) is 0 Å². The summed E-state index contributed by atoms with van der Waals surface area (Å²) in [4.78, 5) is 37.8. The molecule has 1 saturated heterocycles. The SMILES string of the molecule is O=C(NC(C(=O)N1CC[C@@H]1C(=O)O)c1ccccc1)c1ccccc1. The van der Waals surface area contributed by atoms with Gasteiger partial charge in [-0.05, 0) is 24.1 Å². The molecular formula is C19H18N2O4. The molecule has 1 aliphatic heterocycles. The highest BCUT2D eigenvalue weighted by molar-refractivity contribution is 5.98. The van der Waals surface area contributed by atoms with Gasteiger partial charge >= 0.3 is 5.97 Å². The highest BCUT2D eigenvalue weighted by Gasteiger charge is 2.41. The predicted molar refractivity (Wildman–Crippen MR) is 90.8 cm³/mol. The van der Waals surface area contributed by atoms with E-state index >= 15 is 0 Å². The van der Waals surface area contributed by atoms with Crippen molar-refractivity contribution in [2.24, 2.45) is 0 Å². The number of amides is 2. The standard InChI is InChI=1S/C19H18N2O4/c22-17(14-9-5-2-6-10-14)20-16(13-7-3-1-4-8-13)18(23)21-12-11-15(21)19(24)25/h1-10,15-16H,11-12H2,(H,20,22)(H,24,25)/t15-,16?/m1/s1. The molecule has 2 aromatic rings. The van der Waals surface area contributed by atoms with E-state index in [0.29, 0.717) is 24.1 Å². The molecule has 0 aliphatic carbocycles. The number of nitrogens with zero attached hydrogens (tertiary/aromatic N) is 1. The van der Waals surface area contributed by atoms with Crippen LogP contribution >= 0.6 is 0 Å². The number of hydrogen-bond acceptors (Lipinski definition) is 3. The van der Waals surface area contributed by atoms with Gasteiger partial charge in [-0.15, -0.1) is 0 Å². The highest BCUT2D eigenvalue weighted by Crippen LogP contribution is 2.24. The van der Waals surface area contributed by atoms with E-state index in [-0.39, 0.29) is 5.91 Å². The van der Waals surface area contributed by atoms with Crippen LogP contribution in [0.15, 0.2) is 60.7 Å². The summed E-state index contributed by atoms with van der Waals surface area (Å²) in [7, 11) is 0. The van der Waals surface area contributed by atoms with Crippen LogP contribution in [0.5, 0.6) is 0 Å². The minimum atomic E-state index is -1.03. The van der Waals surface area contributed by atoms with Gasteiger partial charge < -0.3 is 15.3 Å². The number of rotatable bonds is 5. The Labute approximate surface area is 145 Å². The number of nitrogens with one attached hydrogen (secondary N) is 1. The molecule has 6 nitrogen and oxygen atoms in total. The number of aliphatic carboxylic acids is 1. The van der Waals surface area contributed by atoms with E-state index in [1.807, 2.05) is 6.07 Å². The number of carboxylic acids is 1. The number of carbonyl (C=O) groups is 3. The lowest BCUT2D eigenvalue weighted by Gasteiger charge is -2.40. The van der Waals surface area contributed by atoms with Crippen molar-refractivity contribution in [1.82, 2.24) is 10.2 Å². The maximum absolute atomic E-state index is 12.9. The average molecular weight is 338 g/mol. The van der Waals surface area contributed by atoms with Gasteiger partial charge in [-0.3, -0.25) is 9.59 Å². The first kappa shape index (κ1) is 16.7. The second-order valence-corrected chi connectivity index (χ2v) is 5.86. The molecule has 0 aromatic heterocycles. The first-order valence-electron chi connectivity index (χ1n) is 8.02. The zero-order valence-electron chi connectivity index (χ0n) is 13.5. The van der Waals surface area contributed by atoms with Crippen LogP contribution in [-0.4, -0.2) is 40.4 Å². The van der Waals surface area contributed by atoms with Crippen LogP contribution < -0.4 is 5.32 Å². The van der Waals surface area contributed by atoms with E-state index in [1.54, 1.807) is 54.6 Å². The van der Waals surface area contributed by atoms with Crippen molar-refractivity contribution in [2.45, 2.75) is 18.5 Å². The normalized spacial score (nSPS) is 17.3. The Morgan fingerprint density at radius 3 is 2.12 bits per heavy atom. The molecule has 128 valence electrons. The van der Waals surface area contributed by atoms with Crippen LogP contribution in [0.3, 0.4) is 0 Å². The summed E-state index contributed by atoms with van der Waals surface area (Å²) in [6.45, 7) is 0.375. The van der Waals surface area contributed by atoms with Crippen LogP contribution in [-0.2, 0) is 9.59 Å². The summed E-state index contributed by atoms with van der Waals surface area (Å²) in [5.74, 6) is -1.81. The van der Waals surface area contributed by atoms with Gasteiger partial charge in [-0.25, -0.2) is 4.79 Å². The average Bonchev–Trinajstić information content (AvgIpc) is 2.59. The largest absolute Gasteiger partial charge is 0.480 e. The van der Waals surface area contributed by atoms with E-state index < -0.39 is 24.0 Å². The maximum atomic E-state index is 12.9. The molecule has 1 heterocycles. The van der Waals surface area contributed by atoms with E-state index in [4.69, 9.17) is 0 Å². The molecule has 1 fully saturated rings. The molecule has 2 atom stereocenters. The molecule has 25 heavy (non-hydrogen) atoms. The second kappa shape index (κ2) is 7.17. The Kier molecular flexibility index (Phi) is 4.79. The van der Waals surface area contributed by atoms with Gasteiger partial charge in [0.2, 0.25) is 0 Å². The Hall–Kier alpha value is -3.15. The molecule has 2 aromatic carbocycles. The van der Waals surface area contributed by atoms with E-state index in [2.05, 4.69) is 5.32 Å². The maximum Gasteiger partial charge on any atom is 0.326 e. The lowest BCUT2D eigenvalue weighted by Crippen LogP contribution is -2.58. The number of carboxylic acid groups (broad SMARTS) is 1. The summed E-state index contributed by atoms with van der Waals surface area (Å²) >= 11 is 0. The van der Waals surface area contributed by atoms with Gasteiger partial charge in [0.25, 0.3) is 11.8 Å². The second-order valence-electron chi connectivity index (χ2n) is 5.86. The third-order valence-corrected chi connectivity index (χ3v) is 4.28. The van der Waals surface area contributed by atoms with Crippen LogP contribution in [0, 0.1) is 0 Å². The zero-order valence-corrected chi connectivity index (χ0v) is 13.5. The molecule has 0 bridgehead atoms. The highest BCUT2D eigenvalue weighted by atomic mass is 16.4. The van der Waals surface area contributed by atoms with Crippen molar-refractivity contribution in [3.8, 4) is 0 Å². The summed E-state index contributed by atoms with van der Waals surface area (Å²) in [6.07, 6.45) is 0.426. The molecule has 0 radical (unpaired) electrons. The van der Waals surface area contributed by atoms with Crippen molar-refractivity contribution >= 4 is 17.8 Å². The van der Waals surface area contributed by atoms with Gasteiger partial charge in [0.15, 0.2) is 0 Å². The summed E-state index contributed by atoms with van der Waals surface area (Å²) < 4.78 is 0. The van der Waals surface area contributed by atoms with Crippen LogP contribution in [0.4, 0.5) is 0 Å². The zero-order chi connectivity index (χ0) is 17.8. The monoisotopic (exact) mass is 338 g/mol. The van der Waals surface area contributed by atoms with Crippen LogP contribution in [0.2, 0.25) is 0 Å². The summed E-state index contributed by atoms with van der Waals surface area (Å²) in [5.41, 5.74) is 1.06. The third-order valence-electron chi connectivity index (χ3n) is 4.28. The number of benzene rings is 2. The van der Waals surface area contributed by atoms with Crippen molar-refractivity contribution in [2.75, 3.05) is 6.54 Å². The van der Waals surface area contributed by atoms with E-state index in [9.17, 15) is 19.5 Å².